The largest absolute Gasteiger partial charge is 0.329 e. The molecule has 0 atom stereocenters. The van der Waals surface area contributed by atoms with E-state index in [1.807, 2.05) is 12.3 Å². The Hall–Kier alpha value is -0.680. The molecule has 0 unspecified atom stereocenters. The second-order valence-electron chi connectivity index (χ2n) is 4.36. The van der Waals surface area contributed by atoms with Gasteiger partial charge in [-0.1, -0.05) is 6.42 Å². The molecule has 1 aliphatic carbocycles. The highest BCUT2D eigenvalue weighted by atomic mass is 79.9. The van der Waals surface area contributed by atoms with Crippen molar-refractivity contribution in [3.05, 3.63) is 21.5 Å². The molecule has 16 heavy (non-hydrogen) atoms. The molecule has 0 spiro atoms. The normalized spacial score (nSPS) is 16.6. The Bertz CT molecular complexity index is 582. The van der Waals surface area contributed by atoms with Crippen LogP contribution in [0.4, 0.5) is 0 Å². The fourth-order valence-electron chi connectivity index (χ4n) is 2.12. The molecule has 5 heteroatoms. The van der Waals surface area contributed by atoms with E-state index in [0.29, 0.717) is 0 Å². The van der Waals surface area contributed by atoms with Crippen LogP contribution in [0, 0.1) is 10.7 Å². The van der Waals surface area contributed by atoms with Gasteiger partial charge in [-0.05, 0) is 53.0 Å². The Morgan fingerprint density at radius 1 is 1.56 bits per heavy atom. The van der Waals surface area contributed by atoms with Crippen molar-refractivity contribution < 1.29 is 0 Å². The number of nitrogens with zero attached hydrogens (tertiary/aromatic N) is 2. The summed E-state index contributed by atoms with van der Waals surface area (Å²) in [6, 6.07) is 2.02. The topological polar surface area (TPSA) is 33.6 Å². The van der Waals surface area contributed by atoms with Crippen LogP contribution in [0.25, 0.3) is 11.2 Å². The number of pyridine rings is 1. The molecule has 1 fully saturated rings. The van der Waals surface area contributed by atoms with Crippen LogP contribution in [0.2, 0.25) is 0 Å². The number of nitrogens with one attached hydrogen (secondary N) is 1. The number of hydrogen-bond acceptors (Lipinski definition) is 2. The molecule has 0 aromatic carbocycles. The molecule has 1 aliphatic rings. The third-order valence-electron chi connectivity index (χ3n) is 3.24. The van der Waals surface area contributed by atoms with E-state index < -0.39 is 0 Å². The number of rotatable bonds is 2. The molecular formula is C11H12BrN3S. The van der Waals surface area contributed by atoms with Gasteiger partial charge in [0.05, 0.1) is 5.52 Å². The van der Waals surface area contributed by atoms with E-state index in [2.05, 4.69) is 30.5 Å². The van der Waals surface area contributed by atoms with E-state index in [1.54, 1.807) is 0 Å². The molecule has 84 valence electrons. The number of H-pyrrole nitrogens is 1. The monoisotopic (exact) mass is 297 g/mol. The van der Waals surface area contributed by atoms with Crippen LogP contribution < -0.4 is 0 Å². The van der Waals surface area contributed by atoms with Crippen molar-refractivity contribution in [1.29, 1.82) is 0 Å². The number of imidazole rings is 1. The molecule has 2 heterocycles. The molecule has 2 aromatic rings. The average molecular weight is 298 g/mol. The molecule has 0 radical (unpaired) electrons. The van der Waals surface area contributed by atoms with Gasteiger partial charge in [0.1, 0.15) is 0 Å². The van der Waals surface area contributed by atoms with Gasteiger partial charge in [0.15, 0.2) is 10.4 Å². The van der Waals surface area contributed by atoms with E-state index in [0.717, 1.165) is 32.9 Å². The molecule has 2 aromatic heterocycles. The third-order valence-corrected chi connectivity index (χ3v) is 4.00. The Morgan fingerprint density at radius 2 is 2.38 bits per heavy atom. The van der Waals surface area contributed by atoms with Crippen molar-refractivity contribution in [3.8, 4) is 0 Å². The summed E-state index contributed by atoms with van der Waals surface area (Å²) in [6.07, 6.45) is 5.83. The number of aromatic amines is 1. The van der Waals surface area contributed by atoms with Crippen molar-refractivity contribution in [2.45, 2.75) is 25.8 Å². The number of fused-ring (bicyclic) bond motifs is 1. The van der Waals surface area contributed by atoms with Gasteiger partial charge in [-0.2, -0.15) is 0 Å². The molecular weight excluding hydrogens is 286 g/mol. The van der Waals surface area contributed by atoms with Gasteiger partial charge in [0, 0.05) is 17.2 Å². The molecule has 0 aliphatic heterocycles. The highest BCUT2D eigenvalue weighted by Gasteiger charge is 2.19. The summed E-state index contributed by atoms with van der Waals surface area (Å²) in [5, 5.41) is 0. The van der Waals surface area contributed by atoms with Gasteiger partial charge in [0.25, 0.3) is 0 Å². The predicted molar refractivity (Wildman–Crippen MR) is 70.0 cm³/mol. The minimum atomic E-state index is 0.785. The van der Waals surface area contributed by atoms with Crippen LogP contribution >= 0.6 is 28.1 Å². The van der Waals surface area contributed by atoms with Crippen molar-refractivity contribution in [2.24, 2.45) is 5.92 Å². The van der Waals surface area contributed by atoms with Crippen molar-refractivity contribution >= 4 is 39.3 Å². The van der Waals surface area contributed by atoms with E-state index in [9.17, 15) is 0 Å². The maximum atomic E-state index is 5.34. The maximum absolute atomic E-state index is 5.34. The number of hydrogen-bond donors (Lipinski definition) is 1. The first-order chi connectivity index (χ1) is 7.74. The molecule has 3 nitrogen and oxygen atoms in total. The SMILES string of the molecule is S=c1[nH]c2cc(Br)cnc2n1CC1CCC1. The molecule has 3 rings (SSSR count). The van der Waals surface area contributed by atoms with Crippen LogP contribution in [0.5, 0.6) is 0 Å². The first-order valence-corrected chi connectivity index (χ1v) is 6.68. The highest BCUT2D eigenvalue weighted by molar-refractivity contribution is 9.10. The van der Waals surface area contributed by atoms with Crippen molar-refractivity contribution in [2.75, 3.05) is 0 Å². The quantitative estimate of drug-likeness (QED) is 0.859. The minimum absolute atomic E-state index is 0.785. The van der Waals surface area contributed by atoms with E-state index in [-0.39, 0.29) is 0 Å². The second-order valence-corrected chi connectivity index (χ2v) is 5.66. The lowest BCUT2D eigenvalue weighted by atomic mass is 9.85. The Kier molecular flexibility index (Phi) is 2.59. The van der Waals surface area contributed by atoms with Gasteiger partial charge in [0.2, 0.25) is 0 Å². The summed E-state index contributed by atoms with van der Waals surface area (Å²) in [6.45, 7) is 1.01. The summed E-state index contributed by atoms with van der Waals surface area (Å²) in [7, 11) is 0. The van der Waals surface area contributed by atoms with Crippen LogP contribution in [-0.4, -0.2) is 14.5 Å². The van der Waals surface area contributed by atoms with Crippen LogP contribution in [0.15, 0.2) is 16.7 Å². The molecule has 0 amide bonds. The highest BCUT2D eigenvalue weighted by Crippen LogP contribution is 2.29. The van der Waals surface area contributed by atoms with Gasteiger partial charge in [-0.25, -0.2) is 4.98 Å². The van der Waals surface area contributed by atoms with E-state index >= 15 is 0 Å². The summed E-state index contributed by atoms with van der Waals surface area (Å²) in [5.41, 5.74) is 1.98. The van der Waals surface area contributed by atoms with Crippen molar-refractivity contribution in [3.63, 3.8) is 0 Å². The van der Waals surface area contributed by atoms with Gasteiger partial charge in [-0.3, -0.25) is 0 Å². The van der Waals surface area contributed by atoms with E-state index in [4.69, 9.17) is 12.2 Å². The average Bonchev–Trinajstić information content (AvgIpc) is 2.47. The fourth-order valence-corrected chi connectivity index (χ4v) is 2.72. The molecule has 0 bridgehead atoms. The lowest BCUT2D eigenvalue weighted by molar-refractivity contribution is 0.278. The van der Waals surface area contributed by atoms with Gasteiger partial charge < -0.3 is 9.55 Å². The molecule has 0 saturated heterocycles. The molecule has 1 N–H and O–H groups in total. The predicted octanol–water partition coefficient (Wildman–Crippen LogP) is 3.66. The van der Waals surface area contributed by atoms with Gasteiger partial charge in [-0.15, -0.1) is 0 Å². The first kappa shape index (κ1) is 10.5. The fraction of sp³-hybridized carbons (Fsp3) is 0.455. The zero-order valence-electron chi connectivity index (χ0n) is 8.74. The number of halogens is 1. The van der Waals surface area contributed by atoms with Crippen LogP contribution in [0.1, 0.15) is 19.3 Å². The Labute approximate surface area is 107 Å². The summed E-state index contributed by atoms with van der Waals surface area (Å²) in [4.78, 5) is 7.64. The Morgan fingerprint density at radius 3 is 3.06 bits per heavy atom. The Balaban J connectivity index is 2.08. The second kappa shape index (κ2) is 3.96. The first-order valence-electron chi connectivity index (χ1n) is 5.48. The third kappa shape index (κ3) is 1.72. The van der Waals surface area contributed by atoms with Gasteiger partial charge >= 0.3 is 0 Å². The smallest absolute Gasteiger partial charge is 0.179 e. The zero-order chi connectivity index (χ0) is 11.1. The summed E-state index contributed by atoms with van der Waals surface area (Å²) in [5.74, 6) is 0.788. The lowest BCUT2D eigenvalue weighted by Crippen LogP contribution is -2.18. The minimum Gasteiger partial charge on any atom is -0.329 e. The van der Waals surface area contributed by atoms with Crippen molar-refractivity contribution in [1.82, 2.24) is 14.5 Å². The van der Waals surface area contributed by atoms with Crippen LogP contribution in [-0.2, 0) is 6.54 Å². The zero-order valence-corrected chi connectivity index (χ0v) is 11.1. The van der Waals surface area contributed by atoms with Crippen LogP contribution in [0.3, 0.4) is 0 Å². The lowest BCUT2D eigenvalue weighted by Gasteiger charge is -2.25. The molecule has 1 saturated carbocycles. The summed E-state index contributed by atoms with van der Waals surface area (Å²) >= 11 is 8.75. The van der Waals surface area contributed by atoms with E-state index in [1.165, 1.54) is 19.3 Å². The number of aromatic nitrogens is 3. The maximum Gasteiger partial charge on any atom is 0.179 e. The summed E-state index contributed by atoms with van der Waals surface area (Å²) < 4.78 is 3.89. The standard InChI is InChI=1S/C11H12BrN3S/c12-8-4-9-10(13-5-8)15(11(16)14-9)6-7-2-1-3-7/h4-5,7H,1-3,6H2,(H,14,16).